The van der Waals surface area contributed by atoms with Crippen LogP contribution in [0.2, 0.25) is 0 Å². The van der Waals surface area contributed by atoms with Crippen LogP contribution in [0.25, 0.3) is 0 Å². The summed E-state index contributed by atoms with van der Waals surface area (Å²) in [6.07, 6.45) is 4.15. The van der Waals surface area contributed by atoms with E-state index in [1.165, 1.54) is 0 Å². The highest BCUT2D eigenvalue weighted by Gasteiger charge is 2.39. The molecule has 1 aliphatic heterocycles. The molecule has 3 nitrogen and oxygen atoms in total. The molecule has 4 heteroatoms. The minimum atomic E-state index is -0.178. The van der Waals surface area contributed by atoms with Crippen LogP contribution in [0.1, 0.15) is 26.7 Å². The molecule has 1 rings (SSSR count). The Morgan fingerprint density at radius 3 is 2.81 bits per heavy atom. The normalized spacial score (nSPS) is 26.8. The van der Waals surface area contributed by atoms with Crippen molar-refractivity contribution in [3.63, 3.8) is 0 Å². The molecular weight excluding hydrogens is 220 g/mol. The van der Waals surface area contributed by atoms with Crippen LogP contribution in [0.15, 0.2) is 0 Å². The molecule has 2 atom stereocenters. The van der Waals surface area contributed by atoms with E-state index in [1.807, 2.05) is 23.7 Å². The molecule has 0 aromatic heterocycles. The summed E-state index contributed by atoms with van der Waals surface area (Å²) in [4.78, 5) is 14.3. The van der Waals surface area contributed by atoms with E-state index in [0.29, 0.717) is 11.9 Å². The van der Waals surface area contributed by atoms with Crippen LogP contribution in [0, 0.1) is 5.41 Å². The first kappa shape index (κ1) is 13.8. The highest BCUT2D eigenvalue weighted by Crippen LogP contribution is 2.27. The highest BCUT2D eigenvalue weighted by atomic mass is 32.2. The van der Waals surface area contributed by atoms with E-state index in [9.17, 15) is 4.79 Å². The third-order valence-corrected chi connectivity index (χ3v) is 4.25. The maximum absolute atomic E-state index is 12.4. The smallest absolute Gasteiger partial charge is 0.229 e. The van der Waals surface area contributed by atoms with Gasteiger partial charge in [-0.1, -0.05) is 0 Å². The Morgan fingerprint density at radius 2 is 2.31 bits per heavy atom. The lowest BCUT2D eigenvalue weighted by atomic mass is 9.87. The summed E-state index contributed by atoms with van der Waals surface area (Å²) < 4.78 is 0. The summed E-state index contributed by atoms with van der Waals surface area (Å²) in [5.74, 6) is 1.42. The lowest BCUT2D eigenvalue weighted by molar-refractivity contribution is -0.140. The second kappa shape index (κ2) is 5.92. The molecule has 0 aromatic rings. The topological polar surface area (TPSA) is 32.3 Å². The molecular formula is C12H24N2OS. The van der Waals surface area contributed by atoms with E-state index >= 15 is 0 Å². The molecule has 0 radical (unpaired) electrons. The number of carbonyl (C=O) groups is 1. The molecule has 1 aliphatic rings. The lowest BCUT2D eigenvalue weighted by Gasteiger charge is -2.32. The number of thioether (sulfide) groups is 1. The summed E-state index contributed by atoms with van der Waals surface area (Å²) in [7, 11) is 1.94. The third kappa shape index (κ3) is 3.14. The van der Waals surface area contributed by atoms with Gasteiger partial charge in [-0.2, -0.15) is 11.8 Å². The Labute approximate surface area is 103 Å². The molecule has 1 amide bonds. The first-order valence-electron chi connectivity index (χ1n) is 5.98. The van der Waals surface area contributed by atoms with Crippen LogP contribution in [-0.4, -0.2) is 49.0 Å². The molecule has 0 saturated carbocycles. The fourth-order valence-corrected chi connectivity index (χ4v) is 2.68. The van der Waals surface area contributed by atoms with Gasteiger partial charge in [0.1, 0.15) is 0 Å². The number of hydrogen-bond donors (Lipinski definition) is 1. The molecule has 2 unspecified atom stereocenters. The van der Waals surface area contributed by atoms with Gasteiger partial charge in [0.25, 0.3) is 0 Å². The van der Waals surface area contributed by atoms with E-state index in [4.69, 9.17) is 0 Å². The van der Waals surface area contributed by atoms with Crippen molar-refractivity contribution >= 4 is 17.7 Å². The molecule has 0 aliphatic carbocycles. The second-order valence-electron chi connectivity index (χ2n) is 5.03. The first-order valence-corrected chi connectivity index (χ1v) is 7.37. The summed E-state index contributed by atoms with van der Waals surface area (Å²) in [6.45, 7) is 6.01. The molecule has 1 N–H and O–H groups in total. The van der Waals surface area contributed by atoms with Crippen molar-refractivity contribution in [3.05, 3.63) is 0 Å². The van der Waals surface area contributed by atoms with Gasteiger partial charge in [0, 0.05) is 19.6 Å². The van der Waals surface area contributed by atoms with Gasteiger partial charge in [0.2, 0.25) is 5.91 Å². The van der Waals surface area contributed by atoms with E-state index in [-0.39, 0.29) is 5.41 Å². The van der Waals surface area contributed by atoms with Gasteiger partial charge in [-0.05, 0) is 45.2 Å². The van der Waals surface area contributed by atoms with Crippen molar-refractivity contribution in [2.75, 3.05) is 32.1 Å². The fraction of sp³-hybridized carbons (Fsp3) is 0.917. The Bertz CT molecular complexity index is 239. The Morgan fingerprint density at radius 1 is 1.62 bits per heavy atom. The molecule has 1 fully saturated rings. The highest BCUT2D eigenvalue weighted by molar-refractivity contribution is 7.98. The van der Waals surface area contributed by atoms with Crippen molar-refractivity contribution in [3.8, 4) is 0 Å². The zero-order valence-electron chi connectivity index (χ0n) is 10.9. The average molecular weight is 244 g/mol. The van der Waals surface area contributed by atoms with Crippen molar-refractivity contribution < 1.29 is 4.79 Å². The minimum Gasteiger partial charge on any atom is -0.343 e. The van der Waals surface area contributed by atoms with Gasteiger partial charge in [-0.3, -0.25) is 4.79 Å². The maximum Gasteiger partial charge on any atom is 0.229 e. The monoisotopic (exact) mass is 244 g/mol. The number of nitrogens with zero attached hydrogens (tertiary/aromatic N) is 1. The molecule has 94 valence electrons. The third-order valence-electron chi connectivity index (χ3n) is 3.61. The quantitative estimate of drug-likeness (QED) is 0.797. The van der Waals surface area contributed by atoms with Crippen molar-refractivity contribution in [2.45, 2.75) is 32.7 Å². The van der Waals surface area contributed by atoms with Gasteiger partial charge in [-0.25, -0.2) is 0 Å². The van der Waals surface area contributed by atoms with Crippen LogP contribution in [0.5, 0.6) is 0 Å². The van der Waals surface area contributed by atoms with Gasteiger partial charge >= 0.3 is 0 Å². The maximum atomic E-state index is 12.4. The van der Waals surface area contributed by atoms with E-state index < -0.39 is 0 Å². The van der Waals surface area contributed by atoms with Gasteiger partial charge < -0.3 is 10.2 Å². The van der Waals surface area contributed by atoms with Crippen LogP contribution in [0.4, 0.5) is 0 Å². The Balaban J connectivity index is 2.52. The molecule has 1 saturated heterocycles. The summed E-state index contributed by atoms with van der Waals surface area (Å²) in [5, 5.41) is 3.28. The fourth-order valence-electron chi connectivity index (χ4n) is 2.11. The van der Waals surface area contributed by atoms with Crippen LogP contribution >= 0.6 is 11.8 Å². The predicted octanol–water partition coefficient (Wildman–Crippen LogP) is 1.59. The number of rotatable bonds is 5. The van der Waals surface area contributed by atoms with Crippen LogP contribution in [-0.2, 0) is 4.79 Å². The van der Waals surface area contributed by atoms with Crippen molar-refractivity contribution in [1.82, 2.24) is 10.2 Å². The molecule has 0 spiro atoms. The number of amides is 1. The van der Waals surface area contributed by atoms with Crippen molar-refractivity contribution in [1.29, 1.82) is 0 Å². The molecule has 0 aromatic carbocycles. The molecule has 16 heavy (non-hydrogen) atoms. The van der Waals surface area contributed by atoms with E-state index in [0.717, 1.165) is 31.7 Å². The van der Waals surface area contributed by atoms with Crippen LogP contribution < -0.4 is 5.32 Å². The minimum absolute atomic E-state index is 0.178. The lowest BCUT2D eigenvalue weighted by Crippen LogP contribution is -2.45. The summed E-state index contributed by atoms with van der Waals surface area (Å²) in [6, 6.07) is 0.345. The Kier molecular flexibility index (Phi) is 5.12. The Hall–Kier alpha value is -0.220. The average Bonchev–Trinajstić information content (AvgIpc) is 2.72. The van der Waals surface area contributed by atoms with Crippen molar-refractivity contribution in [2.24, 2.45) is 5.41 Å². The standard InChI is InChI=1S/C12H24N2OS/c1-10(5-8-16-4)14(3)11(15)12(2)6-7-13-9-12/h10,13H,5-9H2,1-4H3. The number of nitrogens with one attached hydrogen (secondary N) is 1. The number of hydrogen-bond acceptors (Lipinski definition) is 3. The number of carbonyl (C=O) groups excluding carboxylic acids is 1. The van der Waals surface area contributed by atoms with E-state index in [2.05, 4.69) is 25.4 Å². The largest absolute Gasteiger partial charge is 0.343 e. The summed E-state index contributed by atoms with van der Waals surface area (Å²) >= 11 is 1.84. The van der Waals surface area contributed by atoms with Gasteiger partial charge in [0.15, 0.2) is 0 Å². The second-order valence-corrected chi connectivity index (χ2v) is 6.02. The zero-order chi connectivity index (χ0) is 12.2. The zero-order valence-corrected chi connectivity index (χ0v) is 11.7. The molecule has 1 heterocycles. The predicted molar refractivity (Wildman–Crippen MR) is 70.8 cm³/mol. The van der Waals surface area contributed by atoms with Gasteiger partial charge in [0.05, 0.1) is 5.41 Å². The first-order chi connectivity index (χ1) is 7.51. The SMILES string of the molecule is CSCCC(C)N(C)C(=O)C1(C)CCNC1. The van der Waals surface area contributed by atoms with E-state index in [1.54, 1.807) is 0 Å². The summed E-state index contributed by atoms with van der Waals surface area (Å²) in [5.41, 5.74) is -0.178. The molecule has 0 bridgehead atoms. The van der Waals surface area contributed by atoms with Gasteiger partial charge in [-0.15, -0.1) is 0 Å². The van der Waals surface area contributed by atoms with Crippen LogP contribution in [0.3, 0.4) is 0 Å².